The van der Waals surface area contributed by atoms with Crippen molar-refractivity contribution in [2.45, 2.75) is 0 Å². The van der Waals surface area contributed by atoms with Crippen molar-refractivity contribution in [3.63, 3.8) is 0 Å². The number of aliphatic carboxylic acids is 1. The summed E-state index contributed by atoms with van der Waals surface area (Å²) in [6.45, 7) is 2.71. The second kappa shape index (κ2) is 4.80. The van der Waals surface area contributed by atoms with E-state index in [-0.39, 0.29) is 51.4 Å². The first kappa shape index (κ1) is 10.6. The summed E-state index contributed by atoms with van der Waals surface area (Å²) < 4.78 is 0. The van der Waals surface area contributed by atoms with E-state index in [1.165, 1.54) is 0 Å². The fraction of sp³-hybridized carbons (Fsp3) is 0. The number of carboxylic acids is 1. The van der Waals surface area contributed by atoms with E-state index >= 15 is 0 Å². The number of hydrogen-bond acceptors (Lipinski definition) is 2. The summed E-state index contributed by atoms with van der Waals surface area (Å²) >= 11 is 0. The van der Waals surface area contributed by atoms with Crippen LogP contribution >= 0.6 is 0 Å². The van der Waals surface area contributed by atoms with Gasteiger partial charge in [0.05, 0.1) is 0 Å². The van der Waals surface area contributed by atoms with Crippen LogP contribution in [0.25, 0.3) is 0 Å². The summed E-state index contributed by atoms with van der Waals surface area (Å²) in [5, 5.41) is 15.5. The van der Waals surface area contributed by atoms with Gasteiger partial charge < -0.3 is 10.2 Å². The van der Waals surface area contributed by atoms with Crippen molar-refractivity contribution in [3.05, 3.63) is 12.3 Å². The zero-order valence-corrected chi connectivity index (χ0v) is 3.01. The quantitative estimate of drug-likeness (QED) is 0.284. The van der Waals surface area contributed by atoms with Gasteiger partial charge in [0, 0.05) is 0 Å². The molecule has 36 valence electrons. The van der Waals surface area contributed by atoms with E-state index in [1.54, 1.807) is 0 Å². The van der Waals surface area contributed by atoms with Crippen LogP contribution in [-0.4, -0.2) is 67.6 Å². The predicted octanol–water partition coefficient (Wildman–Crippen LogP) is -0.506. The van der Waals surface area contributed by atoms with Gasteiger partial charge >= 0.3 is 57.4 Å². The van der Waals surface area contributed by atoms with E-state index in [0.29, 0.717) is 0 Å². The van der Waals surface area contributed by atoms with E-state index in [0.717, 1.165) is 0 Å². The monoisotopic (exact) mass is 128 g/mol. The average molecular weight is 128 g/mol. The molecule has 0 aromatic rings. The SMILES string of the molecule is C=C(O)C(=O)O.[KH]. The topological polar surface area (TPSA) is 57.5 Å². The van der Waals surface area contributed by atoms with Crippen molar-refractivity contribution in [2.24, 2.45) is 0 Å². The van der Waals surface area contributed by atoms with Crippen LogP contribution in [0.4, 0.5) is 0 Å². The minimum absolute atomic E-state index is 0. The zero-order chi connectivity index (χ0) is 5.15. The molecule has 0 aliphatic rings. The molecule has 3 nitrogen and oxygen atoms in total. The van der Waals surface area contributed by atoms with Gasteiger partial charge in [-0.1, -0.05) is 0 Å². The number of aliphatic hydroxyl groups excluding tert-OH is 1. The van der Waals surface area contributed by atoms with E-state index in [1.807, 2.05) is 0 Å². The Balaban J connectivity index is 0. The molecule has 0 aliphatic carbocycles. The van der Waals surface area contributed by atoms with Crippen LogP contribution < -0.4 is 0 Å². The molecular formula is C3H5KO3. The Labute approximate surface area is 83.5 Å². The van der Waals surface area contributed by atoms with Crippen molar-refractivity contribution in [1.29, 1.82) is 0 Å². The third-order valence-electron chi connectivity index (χ3n) is 0.247. The third-order valence-corrected chi connectivity index (χ3v) is 0.247. The molecule has 0 heterocycles. The molecule has 0 unspecified atom stereocenters. The molecule has 0 rings (SSSR count). The molecule has 2 N–H and O–H groups in total. The number of carboxylic acid groups (broad SMARTS) is 1. The van der Waals surface area contributed by atoms with Crippen LogP contribution in [-0.2, 0) is 4.79 Å². The molecule has 0 saturated heterocycles. The van der Waals surface area contributed by atoms with E-state index < -0.39 is 11.7 Å². The van der Waals surface area contributed by atoms with Gasteiger partial charge in [-0.25, -0.2) is 4.79 Å². The summed E-state index contributed by atoms with van der Waals surface area (Å²) in [6, 6.07) is 0. The molecule has 0 saturated carbocycles. The molecule has 4 heteroatoms. The molecule has 0 radical (unpaired) electrons. The minimum atomic E-state index is -1.38. The van der Waals surface area contributed by atoms with Gasteiger partial charge in [0.1, 0.15) is 0 Å². The van der Waals surface area contributed by atoms with Crippen molar-refractivity contribution in [1.82, 2.24) is 0 Å². The molecule has 7 heavy (non-hydrogen) atoms. The summed E-state index contributed by atoms with van der Waals surface area (Å²) in [6.07, 6.45) is 0. The fourth-order valence-corrected chi connectivity index (χ4v) is 0. The molecule has 0 fully saturated rings. The van der Waals surface area contributed by atoms with Gasteiger partial charge in [-0.3, -0.25) is 0 Å². The second-order valence-electron chi connectivity index (χ2n) is 0.752. The maximum atomic E-state index is 9.35. The first-order chi connectivity index (χ1) is 2.64. The van der Waals surface area contributed by atoms with Gasteiger partial charge in [-0.05, 0) is 6.58 Å². The Morgan fingerprint density at radius 2 is 1.57 bits per heavy atom. The Kier molecular flexibility index (Phi) is 7.26. The average Bonchev–Trinajstić information content (AvgIpc) is 1.36. The molecule has 0 spiro atoms. The summed E-state index contributed by atoms with van der Waals surface area (Å²) in [5.41, 5.74) is 0. The molecule has 0 aliphatic heterocycles. The molecule has 0 amide bonds. The fourth-order valence-electron chi connectivity index (χ4n) is 0. The summed E-state index contributed by atoms with van der Waals surface area (Å²) in [7, 11) is 0. The van der Waals surface area contributed by atoms with Crippen LogP contribution in [0.1, 0.15) is 0 Å². The molecule has 0 aromatic heterocycles. The Bertz CT molecular complexity index is 76.2. The van der Waals surface area contributed by atoms with Gasteiger partial charge in [0.2, 0.25) is 0 Å². The molecule has 0 bridgehead atoms. The standard InChI is InChI=1S/C3H4O3.K.H/c1-2(4)3(5)6;;/h4H,1H2,(H,5,6);;. The summed E-state index contributed by atoms with van der Waals surface area (Å²) in [4.78, 5) is 9.35. The van der Waals surface area contributed by atoms with Crippen LogP contribution in [0.3, 0.4) is 0 Å². The summed E-state index contributed by atoms with van der Waals surface area (Å²) in [5.74, 6) is -2.20. The Hall–Kier alpha value is 0.646. The van der Waals surface area contributed by atoms with Crippen molar-refractivity contribution in [2.75, 3.05) is 0 Å². The van der Waals surface area contributed by atoms with Crippen LogP contribution in [0, 0.1) is 0 Å². The zero-order valence-electron chi connectivity index (χ0n) is 3.01. The molecule has 0 atom stereocenters. The third kappa shape index (κ3) is 6.65. The molecular weight excluding hydrogens is 123 g/mol. The van der Waals surface area contributed by atoms with Crippen molar-refractivity contribution < 1.29 is 15.0 Å². The van der Waals surface area contributed by atoms with Gasteiger partial charge in [0.25, 0.3) is 0 Å². The van der Waals surface area contributed by atoms with Crippen LogP contribution in [0.15, 0.2) is 12.3 Å². The van der Waals surface area contributed by atoms with Gasteiger partial charge in [-0.15, -0.1) is 0 Å². The number of carbonyl (C=O) groups is 1. The second-order valence-corrected chi connectivity index (χ2v) is 0.752. The number of rotatable bonds is 1. The normalized spacial score (nSPS) is 6.29. The first-order valence-corrected chi connectivity index (χ1v) is 1.25. The van der Waals surface area contributed by atoms with Gasteiger partial charge in [-0.2, -0.15) is 0 Å². The Morgan fingerprint density at radius 1 is 1.43 bits per heavy atom. The predicted molar refractivity (Wildman–Crippen MR) is 26.6 cm³/mol. The maximum absolute atomic E-state index is 9.35. The van der Waals surface area contributed by atoms with E-state index in [2.05, 4.69) is 6.58 Å². The first-order valence-electron chi connectivity index (χ1n) is 1.25. The van der Waals surface area contributed by atoms with Crippen molar-refractivity contribution in [3.8, 4) is 0 Å². The molecule has 0 aromatic carbocycles. The van der Waals surface area contributed by atoms with Crippen molar-refractivity contribution >= 4 is 57.4 Å². The van der Waals surface area contributed by atoms with Gasteiger partial charge in [0.15, 0.2) is 5.76 Å². The van der Waals surface area contributed by atoms with E-state index in [9.17, 15) is 4.79 Å². The Morgan fingerprint density at radius 3 is 1.57 bits per heavy atom. The van der Waals surface area contributed by atoms with E-state index in [4.69, 9.17) is 10.2 Å². The number of aliphatic hydroxyl groups is 1. The van der Waals surface area contributed by atoms with Crippen LogP contribution in [0.5, 0.6) is 0 Å². The van der Waals surface area contributed by atoms with Crippen LogP contribution in [0.2, 0.25) is 0 Å². The number of hydrogen-bond donors (Lipinski definition) is 2.